The van der Waals surface area contributed by atoms with Crippen LogP contribution in [-0.4, -0.2) is 33.3 Å². The molecule has 0 radical (unpaired) electrons. The fraction of sp³-hybridized carbons (Fsp3) is 0.0870. The van der Waals surface area contributed by atoms with Gasteiger partial charge in [-0.2, -0.15) is 0 Å². The minimum Gasteiger partial charge on any atom is -0.459 e. The van der Waals surface area contributed by atoms with E-state index in [-0.39, 0.29) is 23.7 Å². The van der Waals surface area contributed by atoms with Gasteiger partial charge in [-0.05, 0) is 35.9 Å². The Morgan fingerprint density at radius 3 is 2.73 bits per heavy atom. The van der Waals surface area contributed by atoms with Gasteiger partial charge in [0.15, 0.2) is 5.76 Å². The molecule has 166 valence electrons. The molecule has 33 heavy (non-hydrogen) atoms. The van der Waals surface area contributed by atoms with Crippen molar-refractivity contribution in [2.75, 3.05) is 6.54 Å². The third kappa shape index (κ3) is 5.31. The molecule has 0 fully saturated rings. The summed E-state index contributed by atoms with van der Waals surface area (Å²) in [6.45, 7) is 0.252. The number of nitrogens with one attached hydrogen (secondary N) is 3. The number of hydrogen-bond donors (Lipinski definition) is 3. The highest BCUT2D eigenvalue weighted by molar-refractivity contribution is 6.04. The Bertz CT molecular complexity index is 1310. The van der Waals surface area contributed by atoms with E-state index in [0.29, 0.717) is 17.8 Å². The number of amides is 2. The summed E-state index contributed by atoms with van der Waals surface area (Å²) in [5.74, 6) is -0.447. The molecule has 0 aliphatic heterocycles. The highest BCUT2D eigenvalue weighted by Gasteiger charge is 2.17. The molecule has 2 amide bonds. The number of aromatic amines is 1. The Labute approximate surface area is 187 Å². The maximum atomic E-state index is 12.8. The fourth-order valence-corrected chi connectivity index (χ4v) is 3.16. The van der Waals surface area contributed by atoms with E-state index in [9.17, 15) is 19.7 Å². The molecule has 3 N–H and O–H groups in total. The van der Waals surface area contributed by atoms with E-state index in [4.69, 9.17) is 4.42 Å². The Morgan fingerprint density at radius 2 is 1.97 bits per heavy atom. The van der Waals surface area contributed by atoms with E-state index < -0.39 is 16.7 Å². The fourth-order valence-electron chi connectivity index (χ4n) is 3.16. The summed E-state index contributed by atoms with van der Waals surface area (Å²) < 4.78 is 5.07. The summed E-state index contributed by atoms with van der Waals surface area (Å²) in [5.41, 5.74) is 1.89. The number of imidazole rings is 1. The van der Waals surface area contributed by atoms with Gasteiger partial charge in [-0.25, -0.2) is 4.98 Å². The zero-order valence-electron chi connectivity index (χ0n) is 17.3. The molecule has 10 nitrogen and oxygen atoms in total. The van der Waals surface area contributed by atoms with Gasteiger partial charge in [-0.1, -0.05) is 24.3 Å². The zero-order chi connectivity index (χ0) is 23.2. The van der Waals surface area contributed by atoms with Gasteiger partial charge < -0.3 is 20.0 Å². The predicted octanol–water partition coefficient (Wildman–Crippen LogP) is 3.19. The third-order valence-corrected chi connectivity index (χ3v) is 4.72. The van der Waals surface area contributed by atoms with E-state index in [2.05, 4.69) is 20.6 Å². The average molecular weight is 445 g/mol. The second kappa shape index (κ2) is 9.60. The number of H-pyrrole nitrogens is 1. The van der Waals surface area contributed by atoms with Crippen LogP contribution in [0, 0.1) is 10.1 Å². The Morgan fingerprint density at radius 1 is 1.12 bits per heavy atom. The SMILES string of the molecule is O=C(NCCc1nc2ccccc2[nH]1)C(=Cc1cccc([N+](=O)[O-])c1)NC(=O)c1ccco1. The largest absolute Gasteiger partial charge is 0.459 e. The minimum absolute atomic E-state index is 0.0232. The number of carbonyl (C=O) groups is 2. The zero-order valence-corrected chi connectivity index (χ0v) is 17.3. The van der Waals surface area contributed by atoms with Gasteiger partial charge in [0.1, 0.15) is 11.5 Å². The molecule has 0 saturated heterocycles. The molecule has 4 rings (SSSR count). The first-order valence-electron chi connectivity index (χ1n) is 10.0. The molecule has 0 aliphatic rings. The number of benzene rings is 2. The molecule has 0 aliphatic carbocycles. The van der Waals surface area contributed by atoms with Crippen LogP contribution in [0.4, 0.5) is 5.69 Å². The van der Waals surface area contributed by atoms with Crippen molar-refractivity contribution in [3.8, 4) is 0 Å². The molecule has 2 heterocycles. The standard InChI is InChI=1S/C23H19N5O5/c29-22(24-11-10-21-25-17-7-1-2-8-18(17)26-21)19(27-23(30)20-9-4-12-33-20)14-15-5-3-6-16(13-15)28(31)32/h1-9,12-14H,10-11H2,(H,24,29)(H,25,26)(H,27,30). The van der Waals surface area contributed by atoms with Crippen LogP contribution in [0.1, 0.15) is 21.9 Å². The van der Waals surface area contributed by atoms with Crippen LogP contribution >= 0.6 is 0 Å². The van der Waals surface area contributed by atoms with E-state index in [1.807, 2.05) is 24.3 Å². The summed E-state index contributed by atoms with van der Waals surface area (Å²) >= 11 is 0. The van der Waals surface area contributed by atoms with Crippen molar-refractivity contribution in [2.24, 2.45) is 0 Å². The molecular weight excluding hydrogens is 426 g/mol. The lowest BCUT2D eigenvalue weighted by atomic mass is 10.1. The van der Waals surface area contributed by atoms with Gasteiger partial charge in [-0.3, -0.25) is 19.7 Å². The number of furan rings is 1. The topological polar surface area (TPSA) is 143 Å². The van der Waals surface area contributed by atoms with Gasteiger partial charge in [-0.15, -0.1) is 0 Å². The lowest BCUT2D eigenvalue weighted by molar-refractivity contribution is -0.384. The number of rotatable bonds is 8. The predicted molar refractivity (Wildman–Crippen MR) is 120 cm³/mol. The molecule has 2 aromatic heterocycles. The lowest BCUT2D eigenvalue weighted by Crippen LogP contribution is -2.35. The number of fused-ring (bicyclic) bond motifs is 1. The van der Waals surface area contributed by atoms with Crippen LogP contribution < -0.4 is 10.6 Å². The Kier molecular flexibility index (Phi) is 6.26. The first kappa shape index (κ1) is 21.5. The molecule has 2 aromatic carbocycles. The number of hydrogen-bond acceptors (Lipinski definition) is 6. The average Bonchev–Trinajstić information content (AvgIpc) is 3.48. The molecule has 10 heteroatoms. The van der Waals surface area contributed by atoms with Crippen molar-refractivity contribution in [1.82, 2.24) is 20.6 Å². The first-order chi connectivity index (χ1) is 16.0. The number of carbonyl (C=O) groups excluding carboxylic acids is 2. The lowest BCUT2D eigenvalue weighted by Gasteiger charge is -2.10. The summed E-state index contributed by atoms with van der Waals surface area (Å²) in [5, 5.41) is 16.3. The molecule has 0 bridgehead atoms. The smallest absolute Gasteiger partial charge is 0.291 e. The summed E-state index contributed by atoms with van der Waals surface area (Å²) in [4.78, 5) is 43.4. The summed E-state index contributed by atoms with van der Waals surface area (Å²) in [7, 11) is 0. The van der Waals surface area contributed by atoms with Gasteiger partial charge in [0.2, 0.25) is 0 Å². The van der Waals surface area contributed by atoms with Crippen LogP contribution in [0.15, 0.2) is 77.0 Å². The Balaban J connectivity index is 1.50. The number of nitro benzene ring substituents is 1. The van der Waals surface area contributed by atoms with Gasteiger partial charge in [0, 0.05) is 25.1 Å². The van der Waals surface area contributed by atoms with Gasteiger partial charge in [0.25, 0.3) is 17.5 Å². The molecule has 0 spiro atoms. The van der Waals surface area contributed by atoms with Crippen LogP contribution in [0.3, 0.4) is 0 Å². The number of nitrogens with zero attached hydrogens (tertiary/aromatic N) is 2. The van der Waals surface area contributed by atoms with Gasteiger partial charge >= 0.3 is 0 Å². The number of aromatic nitrogens is 2. The number of para-hydroxylation sites is 2. The van der Waals surface area contributed by atoms with Crippen LogP contribution in [0.5, 0.6) is 0 Å². The van der Waals surface area contributed by atoms with Crippen LogP contribution in [0.25, 0.3) is 17.1 Å². The maximum absolute atomic E-state index is 12.8. The minimum atomic E-state index is -0.621. The highest BCUT2D eigenvalue weighted by atomic mass is 16.6. The molecule has 4 aromatic rings. The van der Waals surface area contributed by atoms with Crippen molar-refractivity contribution in [3.05, 3.63) is 99.9 Å². The Hall–Kier alpha value is -4.73. The first-order valence-corrected chi connectivity index (χ1v) is 10.0. The van der Waals surface area contributed by atoms with Gasteiger partial charge in [0.05, 0.1) is 22.2 Å². The van der Waals surface area contributed by atoms with Crippen molar-refractivity contribution in [1.29, 1.82) is 0 Å². The van der Waals surface area contributed by atoms with E-state index in [0.717, 1.165) is 11.0 Å². The maximum Gasteiger partial charge on any atom is 0.291 e. The van der Waals surface area contributed by atoms with E-state index in [1.54, 1.807) is 12.1 Å². The second-order valence-corrected chi connectivity index (χ2v) is 7.05. The quantitative estimate of drug-likeness (QED) is 0.216. The van der Waals surface area contributed by atoms with Crippen molar-refractivity contribution < 1.29 is 18.9 Å². The number of nitro groups is 1. The molecule has 0 atom stereocenters. The second-order valence-electron chi connectivity index (χ2n) is 7.05. The third-order valence-electron chi connectivity index (χ3n) is 4.72. The van der Waals surface area contributed by atoms with Crippen molar-refractivity contribution in [2.45, 2.75) is 6.42 Å². The molecular formula is C23H19N5O5. The monoisotopic (exact) mass is 445 g/mol. The van der Waals surface area contributed by atoms with E-state index in [1.165, 1.54) is 36.6 Å². The normalized spacial score (nSPS) is 11.3. The van der Waals surface area contributed by atoms with Crippen molar-refractivity contribution >= 4 is 34.6 Å². The van der Waals surface area contributed by atoms with E-state index >= 15 is 0 Å². The number of non-ortho nitro benzene ring substituents is 1. The van der Waals surface area contributed by atoms with Crippen molar-refractivity contribution in [3.63, 3.8) is 0 Å². The molecule has 0 unspecified atom stereocenters. The summed E-state index contributed by atoms with van der Waals surface area (Å²) in [6.07, 6.45) is 3.15. The molecule has 0 saturated carbocycles. The van der Waals surface area contributed by atoms with Crippen LogP contribution in [0.2, 0.25) is 0 Å². The summed E-state index contributed by atoms with van der Waals surface area (Å²) in [6, 6.07) is 16.3. The van der Waals surface area contributed by atoms with Crippen LogP contribution in [-0.2, 0) is 11.2 Å². The highest BCUT2D eigenvalue weighted by Crippen LogP contribution is 2.16.